The van der Waals surface area contributed by atoms with E-state index in [0.717, 1.165) is 16.7 Å². The minimum Gasteiger partial charge on any atom is -0.506 e. The molecule has 1 atom stereocenters. The first-order valence-electron chi connectivity index (χ1n) is 4.19. The van der Waals surface area contributed by atoms with Gasteiger partial charge >= 0.3 is 0 Å². The highest BCUT2D eigenvalue weighted by Gasteiger charge is 2.12. The molecular formula is C10H14ClNO. The van der Waals surface area contributed by atoms with Crippen LogP contribution >= 0.6 is 11.6 Å². The molecule has 0 fully saturated rings. The Labute approximate surface area is 83.3 Å². The first-order valence-corrected chi connectivity index (χ1v) is 4.57. The van der Waals surface area contributed by atoms with E-state index in [0.29, 0.717) is 5.02 Å². The van der Waals surface area contributed by atoms with Crippen molar-refractivity contribution in [3.8, 4) is 5.75 Å². The summed E-state index contributed by atoms with van der Waals surface area (Å²) in [4.78, 5) is 0. The van der Waals surface area contributed by atoms with E-state index >= 15 is 0 Å². The smallest absolute Gasteiger partial charge is 0.137 e. The van der Waals surface area contributed by atoms with E-state index in [2.05, 4.69) is 0 Å². The van der Waals surface area contributed by atoms with Crippen molar-refractivity contribution in [2.75, 3.05) is 0 Å². The van der Waals surface area contributed by atoms with E-state index in [9.17, 15) is 5.11 Å². The summed E-state index contributed by atoms with van der Waals surface area (Å²) < 4.78 is 0. The van der Waals surface area contributed by atoms with Gasteiger partial charge in [0.25, 0.3) is 0 Å². The van der Waals surface area contributed by atoms with Gasteiger partial charge in [0.1, 0.15) is 5.75 Å². The van der Waals surface area contributed by atoms with Crippen molar-refractivity contribution < 1.29 is 5.11 Å². The monoisotopic (exact) mass is 199 g/mol. The molecule has 0 saturated heterocycles. The zero-order valence-corrected chi connectivity index (χ0v) is 8.81. The fraction of sp³-hybridized carbons (Fsp3) is 0.400. The second kappa shape index (κ2) is 3.56. The Morgan fingerprint density at radius 2 is 2.00 bits per heavy atom. The molecule has 0 heterocycles. The van der Waals surface area contributed by atoms with Crippen LogP contribution in [0.4, 0.5) is 0 Å². The lowest BCUT2D eigenvalue weighted by molar-refractivity contribution is 0.470. The van der Waals surface area contributed by atoms with E-state index in [4.69, 9.17) is 17.3 Å². The lowest BCUT2D eigenvalue weighted by Gasteiger charge is -2.14. The van der Waals surface area contributed by atoms with Crippen molar-refractivity contribution in [2.45, 2.75) is 26.8 Å². The van der Waals surface area contributed by atoms with Gasteiger partial charge in [-0.3, -0.25) is 0 Å². The van der Waals surface area contributed by atoms with Crippen LogP contribution in [0.25, 0.3) is 0 Å². The fourth-order valence-electron chi connectivity index (χ4n) is 1.36. The molecule has 1 unspecified atom stereocenters. The van der Waals surface area contributed by atoms with E-state index in [1.807, 2.05) is 26.8 Å². The lowest BCUT2D eigenvalue weighted by atomic mass is 10.00. The Hall–Kier alpha value is -0.730. The van der Waals surface area contributed by atoms with Crippen LogP contribution in [0, 0.1) is 13.8 Å². The average molecular weight is 200 g/mol. The summed E-state index contributed by atoms with van der Waals surface area (Å²) >= 11 is 5.93. The summed E-state index contributed by atoms with van der Waals surface area (Å²) in [5, 5.41) is 9.93. The molecule has 0 saturated carbocycles. The molecular weight excluding hydrogens is 186 g/mol. The summed E-state index contributed by atoms with van der Waals surface area (Å²) in [5.74, 6) is 0.156. The number of phenolic OH excluding ortho intramolecular Hbond substituents is 1. The number of nitrogens with two attached hydrogens (primary N) is 1. The van der Waals surface area contributed by atoms with Crippen molar-refractivity contribution in [1.82, 2.24) is 0 Å². The van der Waals surface area contributed by atoms with E-state index in [1.165, 1.54) is 0 Å². The number of rotatable bonds is 1. The van der Waals surface area contributed by atoms with Crippen LogP contribution in [0.5, 0.6) is 5.75 Å². The molecule has 13 heavy (non-hydrogen) atoms. The molecule has 3 heteroatoms. The summed E-state index contributed by atoms with van der Waals surface area (Å²) in [6.45, 7) is 5.57. The van der Waals surface area contributed by atoms with Crippen LogP contribution in [0.15, 0.2) is 6.07 Å². The third-order valence-corrected chi connectivity index (χ3v) is 2.67. The highest BCUT2D eigenvalue weighted by Crippen LogP contribution is 2.34. The van der Waals surface area contributed by atoms with E-state index in [1.54, 1.807) is 0 Å². The summed E-state index contributed by atoms with van der Waals surface area (Å²) in [5.41, 5.74) is 8.38. The number of phenols is 1. The molecule has 2 nitrogen and oxygen atoms in total. The number of aromatic hydroxyl groups is 1. The molecule has 1 aromatic rings. The molecule has 0 amide bonds. The van der Waals surface area contributed by atoms with Crippen molar-refractivity contribution in [3.05, 3.63) is 27.8 Å². The molecule has 0 bridgehead atoms. The Bertz CT molecular complexity index is 334. The Balaban J connectivity index is 3.41. The Morgan fingerprint density at radius 3 is 2.46 bits per heavy atom. The topological polar surface area (TPSA) is 46.2 Å². The molecule has 0 aliphatic carbocycles. The first kappa shape index (κ1) is 10.4. The van der Waals surface area contributed by atoms with Crippen molar-refractivity contribution in [3.63, 3.8) is 0 Å². The van der Waals surface area contributed by atoms with Crippen molar-refractivity contribution >= 4 is 11.6 Å². The van der Waals surface area contributed by atoms with Gasteiger partial charge in [0.2, 0.25) is 0 Å². The number of benzene rings is 1. The quantitative estimate of drug-likeness (QED) is 0.731. The van der Waals surface area contributed by atoms with Gasteiger partial charge in [-0.15, -0.1) is 0 Å². The Kier molecular flexibility index (Phi) is 2.84. The molecule has 0 aromatic heterocycles. The van der Waals surface area contributed by atoms with Crippen LogP contribution in [-0.4, -0.2) is 5.11 Å². The van der Waals surface area contributed by atoms with Crippen molar-refractivity contribution in [1.29, 1.82) is 0 Å². The maximum absolute atomic E-state index is 9.52. The number of halogens is 1. The van der Waals surface area contributed by atoms with Gasteiger partial charge in [-0.25, -0.2) is 0 Å². The zero-order valence-electron chi connectivity index (χ0n) is 8.06. The number of aryl methyl sites for hydroxylation is 1. The fourth-order valence-corrected chi connectivity index (χ4v) is 1.62. The second-order valence-corrected chi connectivity index (χ2v) is 3.74. The van der Waals surface area contributed by atoms with Crippen molar-refractivity contribution in [2.24, 2.45) is 5.73 Å². The van der Waals surface area contributed by atoms with Crippen LogP contribution < -0.4 is 5.73 Å². The molecule has 0 radical (unpaired) electrons. The Morgan fingerprint density at radius 1 is 1.46 bits per heavy atom. The number of hydrogen-bond acceptors (Lipinski definition) is 2. The minimum atomic E-state index is -0.0585. The molecule has 0 aliphatic rings. The molecule has 1 aromatic carbocycles. The maximum Gasteiger partial charge on any atom is 0.137 e. The predicted octanol–water partition coefficient (Wildman–Crippen LogP) is 2.68. The SMILES string of the molecule is Cc1cc(C(C)N)c(C)c(Cl)c1O. The number of hydrogen-bond donors (Lipinski definition) is 2. The molecule has 0 aliphatic heterocycles. The van der Waals surface area contributed by atoms with Gasteiger partial charge < -0.3 is 10.8 Å². The third kappa shape index (κ3) is 1.79. The van der Waals surface area contributed by atoms with Crippen LogP contribution in [-0.2, 0) is 0 Å². The molecule has 1 rings (SSSR count). The highest BCUT2D eigenvalue weighted by molar-refractivity contribution is 6.33. The van der Waals surface area contributed by atoms with Crippen LogP contribution in [0.3, 0.4) is 0 Å². The van der Waals surface area contributed by atoms with Gasteiger partial charge in [-0.05, 0) is 37.5 Å². The lowest BCUT2D eigenvalue weighted by Crippen LogP contribution is -2.07. The predicted molar refractivity (Wildman–Crippen MR) is 55.2 cm³/mol. The first-order chi connectivity index (χ1) is 5.95. The van der Waals surface area contributed by atoms with Gasteiger partial charge in [0, 0.05) is 6.04 Å². The van der Waals surface area contributed by atoms with Gasteiger partial charge in [0.15, 0.2) is 0 Å². The largest absolute Gasteiger partial charge is 0.506 e. The highest BCUT2D eigenvalue weighted by atomic mass is 35.5. The van der Waals surface area contributed by atoms with Gasteiger partial charge in [-0.1, -0.05) is 17.7 Å². The summed E-state index contributed by atoms with van der Waals surface area (Å²) in [6.07, 6.45) is 0. The summed E-state index contributed by atoms with van der Waals surface area (Å²) in [7, 11) is 0. The average Bonchev–Trinajstić information content (AvgIpc) is 2.07. The maximum atomic E-state index is 9.52. The molecule has 0 spiro atoms. The van der Waals surface area contributed by atoms with E-state index < -0.39 is 0 Å². The standard InChI is InChI=1S/C10H14ClNO/c1-5-4-8(7(3)12)6(2)9(11)10(5)13/h4,7,13H,12H2,1-3H3. The normalized spacial score (nSPS) is 13.0. The molecule has 72 valence electrons. The van der Waals surface area contributed by atoms with Gasteiger partial charge in [0.05, 0.1) is 5.02 Å². The zero-order chi connectivity index (χ0) is 10.2. The van der Waals surface area contributed by atoms with Crippen LogP contribution in [0.2, 0.25) is 5.02 Å². The second-order valence-electron chi connectivity index (χ2n) is 3.36. The van der Waals surface area contributed by atoms with E-state index in [-0.39, 0.29) is 11.8 Å². The molecule has 3 N–H and O–H groups in total. The van der Waals surface area contributed by atoms with Crippen LogP contribution in [0.1, 0.15) is 29.7 Å². The third-order valence-electron chi connectivity index (χ3n) is 2.21. The minimum absolute atomic E-state index is 0.0585. The van der Waals surface area contributed by atoms with Gasteiger partial charge in [-0.2, -0.15) is 0 Å². The summed E-state index contributed by atoms with van der Waals surface area (Å²) in [6, 6.07) is 1.82.